The van der Waals surface area contributed by atoms with Crippen molar-refractivity contribution in [2.24, 2.45) is 5.10 Å². The first-order valence-electron chi connectivity index (χ1n) is 7.37. The number of hydrogen-bond donors (Lipinski definition) is 2. The molecule has 1 aliphatic rings. The van der Waals surface area contributed by atoms with Crippen molar-refractivity contribution in [3.05, 3.63) is 35.7 Å². The van der Waals surface area contributed by atoms with Gasteiger partial charge in [0.25, 0.3) is 0 Å². The third kappa shape index (κ3) is 3.56. The van der Waals surface area contributed by atoms with Crippen molar-refractivity contribution in [1.29, 1.82) is 5.26 Å². The van der Waals surface area contributed by atoms with E-state index in [1.54, 1.807) is 24.7 Å². The van der Waals surface area contributed by atoms with Gasteiger partial charge in [-0.1, -0.05) is 6.07 Å². The highest BCUT2D eigenvalue weighted by Gasteiger charge is 2.20. The van der Waals surface area contributed by atoms with Crippen LogP contribution in [-0.4, -0.2) is 47.5 Å². The first-order valence-corrected chi connectivity index (χ1v) is 7.37. The van der Waals surface area contributed by atoms with E-state index < -0.39 is 0 Å². The number of anilines is 3. The lowest BCUT2D eigenvalue weighted by molar-refractivity contribution is 0.122. The molecule has 0 atom stereocenters. The lowest BCUT2D eigenvalue weighted by Crippen LogP contribution is -2.37. The predicted octanol–water partition coefficient (Wildman–Crippen LogP) is 0.608. The van der Waals surface area contributed by atoms with Crippen LogP contribution in [0.25, 0.3) is 0 Å². The number of nitrogens with one attached hydrogen (secondary N) is 1. The fourth-order valence-electron chi connectivity index (χ4n) is 2.27. The van der Waals surface area contributed by atoms with Crippen LogP contribution in [0, 0.1) is 11.3 Å². The van der Waals surface area contributed by atoms with E-state index in [1.165, 1.54) is 0 Å². The number of ether oxygens (including phenoxy) is 1. The van der Waals surface area contributed by atoms with Crippen LogP contribution in [0.15, 0.2) is 29.6 Å². The third-order valence-electron chi connectivity index (χ3n) is 3.40. The average molecular weight is 324 g/mol. The van der Waals surface area contributed by atoms with Gasteiger partial charge >= 0.3 is 0 Å². The van der Waals surface area contributed by atoms with Crippen LogP contribution in [0.1, 0.15) is 11.1 Å². The Morgan fingerprint density at radius 3 is 2.92 bits per heavy atom. The predicted molar refractivity (Wildman–Crippen MR) is 89.6 cm³/mol. The molecule has 1 aliphatic heterocycles. The SMILES string of the molecule is N#Cc1c(N/N=C/c2cccnc2)nc(N)nc1N1CCOCC1. The van der Waals surface area contributed by atoms with Crippen LogP contribution < -0.4 is 16.1 Å². The molecule has 0 aromatic carbocycles. The summed E-state index contributed by atoms with van der Waals surface area (Å²) in [5, 5.41) is 13.6. The lowest BCUT2D eigenvalue weighted by atomic mass is 10.2. The van der Waals surface area contributed by atoms with Crippen LogP contribution in [0.4, 0.5) is 17.6 Å². The minimum Gasteiger partial charge on any atom is -0.378 e. The molecule has 0 radical (unpaired) electrons. The van der Waals surface area contributed by atoms with E-state index >= 15 is 0 Å². The molecule has 3 N–H and O–H groups in total. The van der Waals surface area contributed by atoms with Crippen molar-refractivity contribution in [2.75, 3.05) is 42.4 Å². The van der Waals surface area contributed by atoms with Crippen molar-refractivity contribution in [3.63, 3.8) is 0 Å². The molecule has 0 spiro atoms. The number of nitrogens with zero attached hydrogens (tertiary/aromatic N) is 6. The second-order valence-electron chi connectivity index (χ2n) is 5.00. The van der Waals surface area contributed by atoms with Gasteiger partial charge in [-0.25, -0.2) is 0 Å². The Bertz CT molecular complexity index is 765. The van der Waals surface area contributed by atoms with Crippen molar-refractivity contribution >= 4 is 23.8 Å². The van der Waals surface area contributed by atoms with Gasteiger partial charge in [0.15, 0.2) is 11.6 Å². The van der Waals surface area contributed by atoms with E-state index in [0.717, 1.165) is 5.56 Å². The first kappa shape index (κ1) is 15.6. The molecule has 24 heavy (non-hydrogen) atoms. The lowest BCUT2D eigenvalue weighted by Gasteiger charge is -2.28. The minimum absolute atomic E-state index is 0.0783. The molecule has 122 valence electrons. The summed E-state index contributed by atoms with van der Waals surface area (Å²) in [6.45, 7) is 2.44. The van der Waals surface area contributed by atoms with Gasteiger partial charge in [-0.2, -0.15) is 20.3 Å². The maximum absolute atomic E-state index is 9.51. The van der Waals surface area contributed by atoms with E-state index in [4.69, 9.17) is 10.5 Å². The fourth-order valence-corrected chi connectivity index (χ4v) is 2.27. The Morgan fingerprint density at radius 1 is 1.38 bits per heavy atom. The quantitative estimate of drug-likeness (QED) is 0.619. The zero-order chi connectivity index (χ0) is 16.8. The van der Waals surface area contributed by atoms with E-state index in [-0.39, 0.29) is 11.8 Å². The van der Waals surface area contributed by atoms with Gasteiger partial charge in [-0.15, -0.1) is 0 Å². The highest BCUT2D eigenvalue weighted by molar-refractivity contribution is 5.80. The van der Waals surface area contributed by atoms with Gasteiger partial charge in [-0.3, -0.25) is 10.4 Å². The van der Waals surface area contributed by atoms with Gasteiger partial charge in [0.05, 0.1) is 19.4 Å². The monoisotopic (exact) mass is 324 g/mol. The largest absolute Gasteiger partial charge is 0.378 e. The average Bonchev–Trinajstić information content (AvgIpc) is 2.63. The second-order valence-corrected chi connectivity index (χ2v) is 5.00. The standard InChI is InChI=1S/C15H16N8O/c16-8-12-13(22-19-10-11-2-1-3-18-9-11)20-15(17)21-14(12)23-4-6-24-7-5-23/h1-3,9-10H,4-7H2,(H3,17,20,21,22)/b19-10+. The number of pyridine rings is 1. The van der Waals surface area contributed by atoms with E-state index in [2.05, 4.69) is 31.5 Å². The first-order chi connectivity index (χ1) is 11.8. The molecule has 1 saturated heterocycles. The molecule has 1 fully saturated rings. The minimum atomic E-state index is 0.0783. The summed E-state index contributed by atoms with van der Waals surface area (Å²) in [4.78, 5) is 14.2. The number of hydrogen-bond acceptors (Lipinski definition) is 9. The second kappa shape index (κ2) is 7.34. The Morgan fingerprint density at radius 2 is 2.21 bits per heavy atom. The van der Waals surface area contributed by atoms with Crippen LogP contribution in [0.2, 0.25) is 0 Å². The summed E-state index contributed by atoms with van der Waals surface area (Å²) in [7, 11) is 0. The van der Waals surface area contributed by atoms with Gasteiger partial charge in [-0.05, 0) is 6.07 Å². The summed E-state index contributed by atoms with van der Waals surface area (Å²) in [6, 6.07) is 5.79. The molecule has 2 aromatic rings. The number of nitrogen functional groups attached to an aromatic ring is 1. The molecule has 0 bridgehead atoms. The number of rotatable bonds is 4. The zero-order valence-electron chi connectivity index (χ0n) is 12.9. The number of hydrazone groups is 1. The number of nitrogens with two attached hydrogens (primary N) is 1. The maximum Gasteiger partial charge on any atom is 0.224 e. The van der Waals surface area contributed by atoms with E-state index in [9.17, 15) is 5.26 Å². The molecular formula is C15H16N8O. The summed E-state index contributed by atoms with van der Waals surface area (Å²) < 4.78 is 5.32. The molecular weight excluding hydrogens is 308 g/mol. The summed E-state index contributed by atoms with van der Waals surface area (Å²) >= 11 is 0. The van der Waals surface area contributed by atoms with Crippen molar-refractivity contribution in [1.82, 2.24) is 15.0 Å². The van der Waals surface area contributed by atoms with Gasteiger partial charge in [0, 0.05) is 31.0 Å². The maximum atomic E-state index is 9.51. The Balaban J connectivity index is 1.86. The van der Waals surface area contributed by atoms with E-state index in [0.29, 0.717) is 37.7 Å². The Labute approximate surface area is 138 Å². The summed E-state index contributed by atoms with van der Waals surface area (Å²) in [5.74, 6) is 0.841. The molecule has 9 heteroatoms. The van der Waals surface area contributed by atoms with Gasteiger partial charge < -0.3 is 15.4 Å². The van der Waals surface area contributed by atoms with E-state index in [1.807, 2.05) is 11.0 Å². The third-order valence-corrected chi connectivity index (χ3v) is 3.40. The molecule has 0 unspecified atom stereocenters. The molecule has 0 amide bonds. The molecule has 3 heterocycles. The van der Waals surface area contributed by atoms with Gasteiger partial charge in [0.1, 0.15) is 11.6 Å². The Kier molecular flexibility index (Phi) is 4.78. The topological polar surface area (TPSA) is 125 Å². The van der Waals surface area contributed by atoms with Crippen LogP contribution in [0.5, 0.6) is 0 Å². The zero-order valence-corrected chi connectivity index (χ0v) is 12.9. The molecule has 0 saturated carbocycles. The molecule has 0 aliphatic carbocycles. The molecule has 2 aromatic heterocycles. The Hall–Kier alpha value is -3.25. The summed E-state index contributed by atoms with van der Waals surface area (Å²) in [6.07, 6.45) is 4.93. The molecule has 3 rings (SSSR count). The van der Waals surface area contributed by atoms with Crippen LogP contribution in [-0.2, 0) is 4.74 Å². The molecule has 9 nitrogen and oxygen atoms in total. The van der Waals surface area contributed by atoms with Crippen LogP contribution in [0.3, 0.4) is 0 Å². The number of aromatic nitrogens is 3. The van der Waals surface area contributed by atoms with Crippen LogP contribution >= 0.6 is 0 Å². The highest BCUT2D eigenvalue weighted by Crippen LogP contribution is 2.25. The highest BCUT2D eigenvalue weighted by atomic mass is 16.5. The van der Waals surface area contributed by atoms with Crippen molar-refractivity contribution in [2.45, 2.75) is 0 Å². The normalized spacial score (nSPS) is 14.5. The van der Waals surface area contributed by atoms with Gasteiger partial charge in [0.2, 0.25) is 5.95 Å². The fraction of sp³-hybridized carbons (Fsp3) is 0.267. The van der Waals surface area contributed by atoms with Crippen molar-refractivity contribution in [3.8, 4) is 6.07 Å². The van der Waals surface area contributed by atoms with Crippen molar-refractivity contribution < 1.29 is 4.74 Å². The number of morpholine rings is 1. The summed E-state index contributed by atoms with van der Waals surface area (Å²) in [5.41, 5.74) is 9.66. The number of nitriles is 1. The smallest absolute Gasteiger partial charge is 0.224 e.